The molecule has 4 nitrogen and oxygen atoms in total. The minimum absolute atomic E-state index is 0.00338. The van der Waals surface area contributed by atoms with Crippen molar-refractivity contribution >= 4 is 5.78 Å². The van der Waals surface area contributed by atoms with Gasteiger partial charge < -0.3 is 14.9 Å². The topological polar surface area (TPSA) is 66.8 Å². The second kappa shape index (κ2) is 10.4. The Bertz CT molecular complexity index is 1010. The Morgan fingerprint density at radius 3 is 2.43 bits per heavy atom. The van der Waals surface area contributed by atoms with Gasteiger partial charge in [-0.05, 0) is 77.0 Å². The van der Waals surface area contributed by atoms with E-state index in [9.17, 15) is 15.0 Å². The van der Waals surface area contributed by atoms with Crippen LogP contribution in [0.15, 0.2) is 29.4 Å². The maximum Gasteiger partial charge on any atom is 0.173 e. The number of fused-ring (bicyclic) bond motifs is 2. The lowest BCUT2D eigenvalue weighted by molar-refractivity contribution is 0.0292. The predicted octanol–water partition coefficient (Wildman–Crippen LogP) is 8.16. The normalized spacial score (nSPS) is 26.0. The first kappa shape index (κ1) is 27.4. The third kappa shape index (κ3) is 5.17. The van der Waals surface area contributed by atoms with E-state index in [1.165, 1.54) is 17.6 Å². The average Bonchev–Trinajstić information content (AvgIpc) is 3.11. The molecule has 0 saturated heterocycles. The van der Waals surface area contributed by atoms with Gasteiger partial charge >= 0.3 is 0 Å². The predicted molar refractivity (Wildman–Crippen MR) is 143 cm³/mol. The number of hydrogen-bond acceptors (Lipinski definition) is 4. The molecule has 1 aromatic carbocycles. The van der Waals surface area contributed by atoms with Gasteiger partial charge in [0.25, 0.3) is 0 Å². The monoisotopic (exact) mass is 482 g/mol. The van der Waals surface area contributed by atoms with Gasteiger partial charge in [0.05, 0.1) is 0 Å². The molecule has 0 spiro atoms. The molecule has 2 fully saturated rings. The molecule has 194 valence electrons. The molecule has 1 unspecified atom stereocenters. The molecule has 2 aliphatic carbocycles. The lowest BCUT2D eigenvalue weighted by atomic mass is 9.70. The Balaban J connectivity index is 1.95. The summed E-state index contributed by atoms with van der Waals surface area (Å²) in [4.78, 5) is 13.4. The van der Waals surface area contributed by atoms with E-state index < -0.39 is 0 Å². The van der Waals surface area contributed by atoms with Crippen LogP contribution in [-0.4, -0.2) is 22.1 Å². The number of hydrogen-bond donors (Lipinski definition) is 2. The summed E-state index contributed by atoms with van der Waals surface area (Å²) in [7, 11) is 0. The Hall–Kier alpha value is -2.23. The lowest BCUT2D eigenvalue weighted by Gasteiger charge is -2.39. The highest BCUT2D eigenvalue weighted by atomic mass is 16.5. The fraction of sp³-hybridized carbons (Fsp3) is 0.645. The van der Waals surface area contributed by atoms with Crippen molar-refractivity contribution in [1.82, 2.24) is 0 Å². The second-order valence-electron chi connectivity index (χ2n) is 12.1. The van der Waals surface area contributed by atoms with E-state index in [1.54, 1.807) is 6.07 Å². The molecule has 0 aromatic heterocycles. The van der Waals surface area contributed by atoms with E-state index in [0.29, 0.717) is 30.1 Å². The summed E-state index contributed by atoms with van der Waals surface area (Å²) in [5.41, 5.74) is 3.27. The van der Waals surface area contributed by atoms with Crippen LogP contribution in [0.1, 0.15) is 110 Å². The van der Waals surface area contributed by atoms with Gasteiger partial charge in [-0.25, -0.2) is 0 Å². The highest BCUT2D eigenvalue weighted by Crippen LogP contribution is 2.66. The van der Waals surface area contributed by atoms with Gasteiger partial charge in [0, 0.05) is 23.0 Å². The van der Waals surface area contributed by atoms with Gasteiger partial charge in [0.15, 0.2) is 5.78 Å². The summed E-state index contributed by atoms with van der Waals surface area (Å²) < 4.78 is 6.55. The molecular weight excluding hydrogens is 436 g/mol. The van der Waals surface area contributed by atoms with Crippen LogP contribution in [0.2, 0.25) is 0 Å². The number of phenols is 2. The Labute approximate surface area is 212 Å². The van der Waals surface area contributed by atoms with Crippen molar-refractivity contribution in [3.63, 3.8) is 0 Å². The highest BCUT2D eigenvalue weighted by molar-refractivity contribution is 6.03. The number of ketones is 1. The number of carbonyl (C=O) groups excluding carboxylic acids is 1. The molecule has 2 bridgehead atoms. The zero-order chi connectivity index (χ0) is 26.1. The van der Waals surface area contributed by atoms with Crippen molar-refractivity contribution < 1.29 is 19.7 Å². The quantitative estimate of drug-likeness (QED) is 0.261. The van der Waals surface area contributed by atoms with Gasteiger partial charge in [-0.2, -0.15) is 0 Å². The van der Waals surface area contributed by atoms with Crippen LogP contribution in [0.25, 0.3) is 0 Å². The molecule has 35 heavy (non-hydrogen) atoms. The van der Waals surface area contributed by atoms with Crippen LogP contribution in [0, 0.1) is 22.7 Å². The zero-order valence-corrected chi connectivity index (χ0v) is 23.1. The van der Waals surface area contributed by atoms with Crippen molar-refractivity contribution in [3.05, 3.63) is 40.5 Å². The molecule has 2 aliphatic rings. The van der Waals surface area contributed by atoms with Gasteiger partial charge in [0.1, 0.15) is 28.9 Å². The van der Waals surface area contributed by atoms with Crippen molar-refractivity contribution in [1.29, 1.82) is 0 Å². The number of ether oxygens (including phenoxy) is 1. The molecule has 2 saturated carbocycles. The summed E-state index contributed by atoms with van der Waals surface area (Å²) in [5.74, 6) is 0.400. The number of aromatic hydroxyl groups is 2. The number of phenolic OH excluding ortho intramolecular Hbond substituents is 2. The number of Topliss-reactive ketones (excluding diaryl/α,β-unsaturated/α-hetero) is 1. The molecule has 0 aliphatic heterocycles. The number of benzene rings is 1. The van der Waals surface area contributed by atoms with Crippen molar-refractivity contribution in [3.8, 4) is 17.2 Å². The van der Waals surface area contributed by atoms with E-state index in [0.717, 1.165) is 25.7 Å². The van der Waals surface area contributed by atoms with E-state index in [2.05, 4.69) is 47.6 Å². The number of rotatable bonds is 10. The summed E-state index contributed by atoms with van der Waals surface area (Å²) in [6.45, 7) is 17.0. The smallest absolute Gasteiger partial charge is 0.173 e. The summed E-state index contributed by atoms with van der Waals surface area (Å²) in [6, 6.07) is 1.57. The van der Waals surface area contributed by atoms with E-state index in [1.807, 2.05) is 19.9 Å². The summed E-state index contributed by atoms with van der Waals surface area (Å²) in [6.07, 6.45) is 10.4. The maximum absolute atomic E-state index is 13.4. The lowest BCUT2D eigenvalue weighted by Crippen LogP contribution is -2.39. The van der Waals surface area contributed by atoms with E-state index in [-0.39, 0.29) is 45.7 Å². The first-order valence-electron chi connectivity index (χ1n) is 13.4. The van der Waals surface area contributed by atoms with Gasteiger partial charge in [-0.3, -0.25) is 4.79 Å². The third-order valence-corrected chi connectivity index (χ3v) is 9.38. The highest BCUT2D eigenvalue weighted by Gasteiger charge is 2.62. The van der Waals surface area contributed by atoms with E-state index in [4.69, 9.17) is 4.74 Å². The minimum Gasteiger partial charge on any atom is -0.507 e. The number of carbonyl (C=O) groups is 1. The Morgan fingerprint density at radius 2 is 1.89 bits per heavy atom. The maximum atomic E-state index is 13.4. The van der Waals surface area contributed by atoms with Crippen molar-refractivity contribution in [2.75, 3.05) is 0 Å². The van der Waals surface area contributed by atoms with Crippen LogP contribution >= 0.6 is 0 Å². The van der Waals surface area contributed by atoms with Crippen LogP contribution < -0.4 is 4.74 Å². The first-order valence-corrected chi connectivity index (χ1v) is 13.4. The van der Waals surface area contributed by atoms with Crippen LogP contribution in [-0.2, 0) is 6.42 Å². The third-order valence-electron chi connectivity index (χ3n) is 9.38. The molecule has 0 heterocycles. The molecule has 0 amide bonds. The largest absolute Gasteiger partial charge is 0.507 e. The summed E-state index contributed by atoms with van der Waals surface area (Å²) >= 11 is 0. The van der Waals surface area contributed by atoms with Gasteiger partial charge in [0.2, 0.25) is 0 Å². The molecule has 2 N–H and O–H groups in total. The van der Waals surface area contributed by atoms with Crippen LogP contribution in [0.4, 0.5) is 0 Å². The Kier molecular flexibility index (Phi) is 8.13. The molecule has 4 atom stereocenters. The van der Waals surface area contributed by atoms with Crippen LogP contribution in [0.5, 0.6) is 17.2 Å². The van der Waals surface area contributed by atoms with Crippen LogP contribution in [0.3, 0.4) is 0 Å². The Morgan fingerprint density at radius 1 is 1.20 bits per heavy atom. The molecule has 1 aromatic rings. The second-order valence-corrected chi connectivity index (χ2v) is 12.1. The first-order chi connectivity index (χ1) is 16.3. The summed E-state index contributed by atoms with van der Waals surface area (Å²) in [5, 5.41) is 22.2. The van der Waals surface area contributed by atoms with Gasteiger partial charge in [-0.15, -0.1) is 0 Å². The molecule has 0 radical (unpaired) electrons. The number of allylic oxidation sites excluding steroid dienone is 4. The van der Waals surface area contributed by atoms with Gasteiger partial charge in [-0.1, -0.05) is 57.9 Å². The molecule has 4 heteroatoms. The molecular formula is C31H46O4. The molecule has 3 rings (SSSR count). The average molecular weight is 483 g/mol. The fourth-order valence-electron chi connectivity index (χ4n) is 6.07. The standard InChI is InChI=1S/C31H46O4/c1-9-21(5)28(33)27-25(35-26-17-22-15-16-31(26,8)30(22,6)7)18-24(32)23(29(27)34)14-13-20(4)12-10-11-19(2)3/h11,13,18,21-22,26,32,34H,9-10,12,14-17H2,1-8H3/b20-13+/t21?,22-,26+,31+/m0/s1. The van der Waals surface area contributed by atoms with Crippen molar-refractivity contribution in [2.45, 2.75) is 106 Å². The van der Waals surface area contributed by atoms with E-state index >= 15 is 0 Å². The fourth-order valence-corrected chi connectivity index (χ4v) is 6.07. The zero-order valence-electron chi connectivity index (χ0n) is 23.1. The SMILES string of the molecule is CCC(C)C(=O)c1c(O[C@@H]2C[C@@H]3CC[C@@]2(C)C3(C)C)cc(O)c(C/C=C(\C)CCC=C(C)C)c1O. The van der Waals surface area contributed by atoms with Crippen molar-refractivity contribution in [2.24, 2.45) is 22.7 Å². The minimum atomic E-state index is -0.242.